The van der Waals surface area contributed by atoms with E-state index < -0.39 is 0 Å². The van der Waals surface area contributed by atoms with Gasteiger partial charge in [0, 0.05) is 12.1 Å². The molecule has 0 aliphatic carbocycles. The summed E-state index contributed by atoms with van der Waals surface area (Å²) in [5, 5.41) is 5.13. The topological polar surface area (TPSA) is 58.2 Å². The van der Waals surface area contributed by atoms with Crippen LogP contribution in [0, 0.1) is 0 Å². The van der Waals surface area contributed by atoms with Crippen molar-refractivity contribution in [3.63, 3.8) is 0 Å². The van der Waals surface area contributed by atoms with Gasteiger partial charge in [-0.15, -0.1) is 0 Å². The van der Waals surface area contributed by atoms with Crippen LogP contribution in [-0.2, 0) is 9.59 Å². The molecule has 0 aromatic heterocycles. The molecule has 0 aromatic rings. The van der Waals surface area contributed by atoms with E-state index in [0.29, 0.717) is 12.1 Å². The second-order valence-corrected chi connectivity index (χ2v) is 2.88. The Morgan fingerprint density at radius 1 is 1.20 bits per heavy atom. The second-order valence-electron chi connectivity index (χ2n) is 2.88. The summed E-state index contributed by atoms with van der Waals surface area (Å²) in [5.74, 6) is -0.413. The van der Waals surface area contributed by atoms with E-state index >= 15 is 0 Å². The highest BCUT2D eigenvalue weighted by Gasteiger charge is 2.06. The van der Waals surface area contributed by atoms with Crippen LogP contribution in [0.5, 0.6) is 0 Å². The molecule has 0 aliphatic heterocycles. The first-order valence-electron chi connectivity index (χ1n) is 4.99. The minimum Gasteiger partial charge on any atom is -0.355 e. The van der Waals surface area contributed by atoms with Gasteiger partial charge in [-0.25, -0.2) is 0 Å². The predicted octanol–water partition coefficient (Wildman–Crippen LogP) is 0.761. The van der Waals surface area contributed by atoms with E-state index in [0.717, 1.165) is 0 Å². The lowest BCUT2D eigenvalue weighted by atomic mass is 10.2. The van der Waals surface area contributed by atoms with E-state index in [1.165, 1.54) is 0 Å². The number of carbonyl (C=O) groups is 2. The van der Waals surface area contributed by atoms with Crippen molar-refractivity contribution < 1.29 is 9.59 Å². The van der Waals surface area contributed by atoms with Gasteiger partial charge in [0.25, 0.3) is 5.91 Å². The average Bonchev–Trinajstić information content (AvgIpc) is 2.23. The van der Waals surface area contributed by atoms with Gasteiger partial charge in [0.15, 0.2) is 0 Å². The maximum atomic E-state index is 11.5. The maximum absolute atomic E-state index is 11.5. The molecule has 0 radical (unpaired) electrons. The van der Waals surface area contributed by atoms with Crippen LogP contribution in [0.3, 0.4) is 0 Å². The summed E-state index contributed by atoms with van der Waals surface area (Å²) < 4.78 is 0. The summed E-state index contributed by atoms with van der Waals surface area (Å²) in [7, 11) is 0. The highest BCUT2D eigenvalue weighted by atomic mass is 16.2. The summed E-state index contributed by atoms with van der Waals surface area (Å²) in [6, 6.07) is 0. The van der Waals surface area contributed by atoms with Crippen molar-refractivity contribution in [2.45, 2.75) is 20.8 Å². The molecule has 2 amide bonds. The molecule has 0 aromatic carbocycles. The van der Waals surface area contributed by atoms with Crippen LogP contribution < -0.4 is 10.6 Å². The van der Waals surface area contributed by atoms with Gasteiger partial charge in [-0.2, -0.15) is 0 Å². The Morgan fingerprint density at radius 3 is 2.33 bits per heavy atom. The Kier molecular flexibility index (Phi) is 6.97. The molecule has 15 heavy (non-hydrogen) atoms. The van der Waals surface area contributed by atoms with Crippen molar-refractivity contribution in [3.05, 3.63) is 23.8 Å². The molecule has 4 heteroatoms. The SMILES string of the molecule is C/C=C\C(=C/C)C(=O)NCC(=O)NCC. The maximum Gasteiger partial charge on any atom is 0.251 e. The number of nitrogens with one attached hydrogen (secondary N) is 2. The minimum absolute atomic E-state index is 0.0154. The second kappa shape index (κ2) is 7.79. The summed E-state index contributed by atoms with van der Waals surface area (Å²) >= 11 is 0. The fourth-order valence-corrected chi connectivity index (χ4v) is 1.00. The van der Waals surface area contributed by atoms with E-state index in [9.17, 15) is 9.59 Å². The zero-order valence-electron chi connectivity index (χ0n) is 9.46. The van der Waals surface area contributed by atoms with Crippen LogP contribution >= 0.6 is 0 Å². The fourth-order valence-electron chi connectivity index (χ4n) is 1.00. The van der Waals surface area contributed by atoms with Crippen LogP contribution in [0.1, 0.15) is 20.8 Å². The van der Waals surface area contributed by atoms with Crippen molar-refractivity contribution in [3.8, 4) is 0 Å². The van der Waals surface area contributed by atoms with E-state index in [4.69, 9.17) is 0 Å². The third kappa shape index (κ3) is 5.67. The number of allylic oxidation sites excluding steroid dienone is 2. The normalized spacial score (nSPS) is 11.5. The Bertz CT molecular complexity index is 280. The standard InChI is InChI=1S/C11H18N2O2/c1-4-7-9(5-2)11(15)13-8-10(14)12-6-3/h4-5,7H,6,8H2,1-3H3,(H,12,14)(H,13,15)/b7-4-,9-5+. The number of carbonyl (C=O) groups excluding carboxylic acids is 2. The first-order chi connectivity index (χ1) is 7.15. The fraction of sp³-hybridized carbons (Fsp3) is 0.455. The van der Waals surface area contributed by atoms with E-state index in [-0.39, 0.29) is 18.4 Å². The predicted molar refractivity (Wildman–Crippen MR) is 60.3 cm³/mol. The van der Waals surface area contributed by atoms with Gasteiger partial charge >= 0.3 is 0 Å². The Balaban J connectivity index is 4.08. The van der Waals surface area contributed by atoms with Gasteiger partial charge in [0.2, 0.25) is 5.91 Å². The Labute approximate surface area is 90.4 Å². The van der Waals surface area contributed by atoms with Crippen molar-refractivity contribution in [1.29, 1.82) is 0 Å². The molecule has 0 heterocycles. The van der Waals surface area contributed by atoms with Gasteiger partial charge in [-0.1, -0.05) is 18.2 Å². The van der Waals surface area contributed by atoms with Gasteiger partial charge in [-0.05, 0) is 20.8 Å². The zero-order chi connectivity index (χ0) is 11.7. The lowest BCUT2D eigenvalue weighted by molar-refractivity contribution is -0.124. The monoisotopic (exact) mass is 210 g/mol. The number of likely N-dealkylation sites (N-methyl/N-ethyl adjacent to an activating group) is 1. The molecule has 4 nitrogen and oxygen atoms in total. The molecule has 0 spiro atoms. The highest BCUT2D eigenvalue weighted by Crippen LogP contribution is 1.96. The van der Waals surface area contributed by atoms with Crippen molar-refractivity contribution in [2.24, 2.45) is 0 Å². The summed E-state index contributed by atoms with van der Waals surface area (Å²) in [5.41, 5.74) is 0.557. The van der Waals surface area contributed by atoms with Gasteiger partial charge in [-0.3, -0.25) is 9.59 Å². The summed E-state index contributed by atoms with van der Waals surface area (Å²) in [4.78, 5) is 22.5. The molecule has 0 unspecified atom stereocenters. The molecule has 0 saturated carbocycles. The zero-order valence-corrected chi connectivity index (χ0v) is 9.46. The van der Waals surface area contributed by atoms with Crippen molar-refractivity contribution in [2.75, 3.05) is 13.1 Å². The molecule has 0 fully saturated rings. The van der Waals surface area contributed by atoms with Crippen molar-refractivity contribution >= 4 is 11.8 Å². The van der Waals surface area contributed by atoms with Crippen molar-refractivity contribution in [1.82, 2.24) is 10.6 Å². The molecular formula is C11H18N2O2. The van der Waals surface area contributed by atoms with Gasteiger partial charge < -0.3 is 10.6 Å². The number of hydrogen-bond donors (Lipinski definition) is 2. The first-order valence-corrected chi connectivity index (χ1v) is 4.99. The lowest BCUT2D eigenvalue weighted by Crippen LogP contribution is -2.37. The minimum atomic E-state index is -0.234. The summed E-state index contributed by atoms with van der Waals surface area (Å²) in [6.45, 7) is 6.03. The summed E-state index contributed by atoms with van der Waals surface area (Å²) in [6.07, 6.45) is 5.18. The van der Waals surface area contributed by atoms with E-state index in [1.807, 2.05) is 13.8 Å². The van der Waals surface area contributed by atoms with Gasteiger partial charge in [0.05, 0.1) is 6.54 Å². The largest absolute Gasteiger partial charge is 0.355 e. The van der Waals surface area contributed by atoms with Crippen LogP contribution in [-0.4, -0.2) is 24.9 Å². The average molecular weight is 210 g/mol. The van der Waals surface area contributed by atoms with Crippen LogP contribution in [0.2, 0.25) is 0 Å². The molecule has 2 N–H and O–H groups in total. The lowest BCUT2D eigenvalue weighted by Gasteiger charge is -2.05. The Hall–Kier alpha value is -1.58. The smallest absolute Gasteiger partial charge is 0.251 e. The quantitative estimate of drug-likeness (QED) is 0.520. The third-order valence-corrected chi connectivity index (χ3v) is 1.70. The molecule has 0 saturated heterocycles. The molecule has 0 bridgehead atoms. The molecule has 0 aliphatic rings. The highest BCUT2D eigenvalue weighted by molar-refractivity contribution is 5.97. The first kappa shape index (κ1) is 13.4. The van der Waals surface area contributed by atoms with Crippen LogP contribution in [0.25, 0.3) is 0 Å². The van der Waals surface area contributed by atoms with E-state index in [2.05, 4.69) is 10.6 Å². The number of amides is 2. The van der Waals surface area contributed by atoms with Crippen LogP contribution in [0.4, 0.5) is 0 Å². The molecular weight excluding hydrogens is 192 g/mol. The molecule has 0 rings (SSSR count). The number of rotatable bonds is 5. The van der Waals surface area contributed by atoms with E-state index in [1.54, 1.807) is 25.2 Å². The van der Waals surface area contributed by atoms with Crippen LogP contribution in [0.15, 0.2) is 23.8 Å². The third-order valence-electron chi connectivity index (χ3n) is 1.70. The Morgan fingerprint density at radius 2 is 1.87 bits per heavy atom. The molecule has 0 atom stereocenters. The number of hydrogen-bond acceptors (Lipinski definition) is 2. The van der Waals surface area contributed by atoms with Gasteiger partial charge in [0.1, 0.15) is 0 Å². The molecule has 84 valence electrons.